The van der Waals surface area contributed by atoms with Gasteiger partial charge in [0.25, 0.3) is 0 Å². The number of ether oxygens (including phenoxy) is 3. The molecule has 0 radical (unpaired) electrons. The van der Waals surface area contributed by atoms with Crippen molar-refractivity contribution in [1.82, 2.24) is 4.90 Å². The number of piperidine rings is 1. The largest absolute Gasteiger partial charge is 0.755 e. The highest BCUT2D eigenvalue weighted by molar-refractivity contribution is 7.80. The fourth-order valence-corrected chi connectivity index (χ4v) is 5.77. The van der Waals surface area contributed by atoms with Crippen LogP contribution in [0.25, 0.3) is 10.8 Å². The predicted molar refractivity (Wildman–Crippen MR) is 155 cm³/mol. The molecule has 3 unspecified atom stereocenters. The zero-order valence-electron chi connectivity index (χ0n) is 23.1. The smallest absolute Gasteiger partial charge is 0.329 e. The van der Waals surface area contributed by atoms with Gasteiger partial charge in [-0.2, -0.15) is 0 Å². The number of hydrogen-bond acceptors (Lipinski definition) is 8. The minimum absolute atomic E-state index is 0.0808. The molecular weight excluding hydrogens is 548 g/mol. The van der Waals surface area contributed by atoms with Crippen molar-refractivity contribution < 1.29 is 32.6 Å². The van der Waals surface area contributed by atoms with E-state index in [-0.39, 0.29) is 37.5 Å². The van der Waals surface area contributed by atoms with Gasteiger partial charge in [0.2, 0.25) is 5.91 Å². The zero-order chi connectivity index (χ0) is 29.7. The monoisotopic (exact) mass is 581 g/mol. The molecule has 12 heteroatoms. The van der Waals surface area contributed by atoms with Gasteiger partial charge in [-0.25, -0.2) is 4.79 Å². The van der Waals surface area contributed by atoms with Crippen LogP contribution in [0, 0.1) is 5.41 Å². The number of benzene rings is 3. The number of methoxy groups -OCH3 is 2. The lowest BCUT2D eigenvalue weighted by Crippen LogP contribution is -2.58. The van der Waals surface area contributed by atoms with Crippen LogP contribution < -0.4 is 19.5 Å². The standard InChI is InChI=1S/C29H34N4O7S/c1-4-40-29(35)25(14-18-7-9-19(10-8-18)27(30)31)32-13-5-6-24(28(32)34)33(41(36)37)21-15-20-11-12-22(38-2)17-23(20)26(16-21)39-3/h7-12,15-17,24-25H,4-6,13-14H2,1-3H3,(H3,30,31)(H,36,37)/p-1. The number of nitrogen functional groups attached to an aromatic ring is 1. The van der Waals surface area contributed by atoms with Crippen molar-refractivity contribution in [2.75, 3.05) is 31.7 Å². The van der Waals surface area contributed by atoms with Gasteiger partial charge in [0.1, 0.15) is 29.4 Å². The molecule has 1 aliphatic rings. The first-order chi connectivity index (χ1) is 19.7. The van der Waals surface area contributed by atoms with Gasteiger partial charge in [-0.1, -0.05) is 30.3 Å². The molecule has 3 atom stereocenters. The Bertz CT molecular complexity index is 1460. The van der Waals surface area contributed by atoms with Gasteiger partial charge in [-0.05, 0) is 48.9 Å². The zero-order valence-corrected chi connectivity index (χ0v) is 23.9. The number of esters is 1. The second-order valence-corrected chi connectivity index (χ2v) is 10.4. The Morgan fingerprint density at radius 3 is 2.51 bits per heavy atom. The normalized spacial score (nSPS) is 16.6. The van der Waals surface area contributed by atoms with Gasteiger partial charge in [-0.15, -0.1) is 0 Å². The van der Waals surface area contributed by atoms with Crippen LogP contribution in [0.3, 0.4) is 0 Å². The average molecular weight is 582 g/mol. The van der Waals surface area contributed by atoms with E-state index < -0.39 is 35.2 Å². The Labute approximate surface area is 241 Å². The maximum absolute atomic E-state index is 13.9. The van der Waals surface area contributed by atoms with Crippen molar-refractivity contribution >= 4 is 45.4 Å². The number of carbonyl (C=O) groups is 2. The maximum atomic E-state index is 13.9. The second kappa shape index (κ2) is 13.0. The van der Waals surface area contributed by atoms with Crippen LogP contribution in [0.1, 0.15) is 30.9 Å². The number of amidine groups is 1. The van der Waals surface area contributed by atoms with Gasteiger partial charge >= 0.3 is 5.97 Å². The van der Waals surface area contributed by atoms with Crippen LogP contribution in [0.5, 0.6) is 11.5 Å². The number of amides is 1. The summed E-state index contributed by atoms with van der Waals surface area (Å²) in [5.74, 6) is -0.110. The molecule has 0 spiro atoms. The number of fused-ring (bicyclic) bond motifs is 1. The van der Waals surface area contributed by atoms with Crippen LogP contribution in [-0.4, -0.2) is 70.8 Å². The molecular formula is C29H33N4O7S-. The lowest BCUT2D eigenvalue weighted by atomic mass is 9.97. The highest BCUT2D eigenvalue weighted by Gasteiger charge is 2.40. The minimum atomic E-state index is -2.81. The molecule has 41 heavy (non-hydrogen) atoms. The lowest BCUT2D eigenvalue weighted by Gasteiger charge is -2.42. The first-order valence-corrected chi connectivity index (χ1v) is 14.2. The molecule has 1 saturated heterocycles. The van der Waals surface area contributed by atoms with E-state index >= 15 is 0 Å². The van der Waals surface area contributed by atoms with E-state index in [1.807, 2.05) is 0 Å². The molecule has 4 rings (SSSR count). The van der Waals surface area contributed by atoms with Crippen LogP contribution >= 0.6 is 0 Å². The molecule has 0 aromatic heterocycles. The number of anilines is 1. The van der Waals surface area contributed by atoms with Gasteiger partial charge in [0.15, 0.2) is 0 Å². The summed E-state index contributed by atoms with van der Waals surface area (Å²) in [6.07, 6.45) is 0.905. The third kappa shape index (κ3) is 6.44. The predicted octanol–water partition coefficient (Wildman–Crippen LogP) is 2.91. The van der Waals surface area contributed by atoms with E-state index in [1.165, 1.54) is 12.0 Å². The second-order valence-electron chi connectivity index (χ2n) is 9.55. The fraction of sp³-hybridized carbons (Fsp3) is 0.345. The molecule has 1 aliphatic heterocycles. The SMILES string of the molecule is CCOC(=O)C(Cc1ccc(C(=N)N)cc1)N1CCCC(N(c2cc(OC)c3cc(OC)ccc3c2)S(=O)[O-])C1=O. The molecule has 0 bridgehead atoms. The number of rotatable bonds is 11. The molecule has 1 fully saturated rings. The van der Waals surface area contributed by atoms with Gasteiger partial charge in [0, 0.05) is 41.2 Å². The van der Waals surface area contributed by atoms with Crippen LogP contribution in [-0.2, 0) is 32.0 Å². The number of carbonyl (C=O) groups excluding carboxylic acids is 2. The van der Waals surface area contributed by atoms with Gasteiger partial charge in [-0.3, -0.25) is 18.7 Å². The van der Waals surface area contributed by atoms with E-state index in [0.29, 0.717) is 28.9 Å². The Balaban J connectivity index is 1.69. The summed E-state index contributed by atoms with van der Waals surface area (Å²) in [6.45, 7) is 2.08. The Morgan fingerprint density at radius 1 is 1.17 bits per heavy atom. The average Bonchev–Trinajstić information content (AvgIpc) is 2.96. The van der Waals surface area contributed by atoms with E-state index in [4.69, 9.17) is 25.4 Å². The first-order valence-electron chi connectivity index (χ1n) is 13.1. The Morgan fingerprint density at radius 2 is 1.90 bits per heavy atom. The van der Waals surface area contributed by atoms with Crippen molar-refractivity contribution in [2.45, 2.75) is 38.3 Å². The topological polar surface area (TPSA) is 158 Å². The van der Waals surface area contributed by atoms with Crippen molar-refractivity contribution in [3.8, 4) is 11.5 Å². The summed E-state index contributed by atoms with van der Waals surface area (Å²) in [6, 6.07) is 13.4. The molecule has 3 aromatic rings. The molecule has 11 nitrogen and oxygen atoms in total. The fourth-order valence-electron chi connectivity index (χ4n) is 5.09. The summed E-state index contributed by atoms with van der Waals surface area (Å²) in [5.41, 5.74) is 7.09. The molecule has 1 heterocycles. The Kier molecular flexibility index (Phi) is 9.46. The van der Waals surface area contributed by atoms with Crippen molar-refractivity contribution in [2.24, 2.45) is 5.73 Å². The van der Waals surface area contributed by atoms with E-state index in [1.54, 1.807) is 68.6 Å². The molecule has 218 valence electrons. The van der Waals surface area contributed by atoms with Crippen molar-refractivity contribution in [3.63, 3.8) is 0 Å². The third-order valence-electron chi connectivity index (χ3n) is 7.10. The van der Waals surface area contributed by atoms with Crippen LogP contribution in [0.15, 0.2) is 54.6 Å². The van der Waals surface area contributed by atoms with E-state index in [2.05, 4.69) is 0 Å². The summed E-state index contributed by atoms with van der Waals surface area (Å²) < 4.78 is 42.5. The molecule has 1 amide bonds. The Hall–Kier alpha value is -4.16. The third-order valence-corrected chi connectivity index (χ3v) is 7.89. The molecule has 3 N–H and O–H groups in total. The highest BCUT2D eigenvalue weighted by atomic mass is 32.2. The number of nitrogens with two attached hydrogens (primary N) is 1. The molecule has 0 aliphatic carbocycles. The summed E-state index contributed by atoms with van der Waals surface area (Å²) in [4.78, 5) is 28.4. The number of nitrogens with zero attached hydrogens (tertiary/aromatic N) is 2. The number of nitrogens with one attached hydrogen (secondary N) is 1. The molecule has 3 aromatic carbocycles. The summed E-state index contributed by atoms with van der Waals surface area (Å²) >= 11 is -2.81. The van der Waals surface area contributed by atoms with E-state index in [9.17, 15) is 18.4 Å². The van der Waals surface area contributed by atoms with E-state index in [0.717, 1.165) is 15.3 Å². The van der Waals surface area contributed by atoms with Crippen molar-refractivity contribution in [1.29, 1.82) is 5.41 Å². The maximum Gasteiger partial charge on any atom is 0.329 e. The van der Waals surface area contributed by atoms with Gasteiger partial charge < -0.3 is 29.4 Å². The van der Waals surface area contributed by atoms with Crippen LogP contribution in [0.4, 0.5) is 5.69 Å². The lowest BCUT2D eigenvalue weighted by molar-refractivity contribution is -0.156. The highest BCUT2D eigenvalue weighted by Crippen LogP contribution is 2.36. The first kappa shape index (κ1) is 29.8. The summed E-state index contributed by atoms with van der Waals surface area (Å²) in [7, 11) is 3.03. The molecule has 0 saturated carbocycles. The quantitative estimate of drug-likeness (QED) is 0.151. The summed E-state index contributed by atoms with van der Waals surface area (Å²) in [5, 5.41) is 9.02. The number of hydrogen-bond donors (Lipinski definition) is 2. The minimum Gasteiger partial charge on any atom is -0.755 e. The number of likely N-dealkylation sites (tertiary alicyclic amines) is 1. The van der Waals surface area contributed by atoms with Crippen molar-refractivity contribution in [3.05, 3.63) is 65.7 Å². The van der Waals surface area contributed by atoms with Gasteiger partial charge in [0.05, 0.1) is 26.5 Å². The van der Waals surface area contributed by atoms with Crippen LogP contribution in [0.2, 0.25) is 0 Å².